The van der Waals surface area contributed by atoms with Crippen LogP contribution in [0, 0.1) is 29.1 Å². The van der Waals surface area contributed by atoms with Crippen LogP contribution in [0.2, 0.25) is 0 Å². The zero-order chi connectivity index (χ0) is 67.5. The maximum Gasteiger partial charge on any atom is 0.330 e. The third-order valence-electron chi connectivity index (χ3n) is 15.9. The highest BCUT2D eigenvalue weighted by Gasteiger charge is 2.34. The van der Waals surface area contributed by atoms with E-state index in [9.17, 15) is 38.4 Å². The first-order valence-electron chi connectivity index (χ1n) is 32.8. The van der Waals surface area contributed by atoms with Gasteiger partial charge in [-0.25, -0.2) is 14.6 Å². The van der Waals surface area contributed by atoms with Crippen molar-refractivity contribution in [2.24, 2.45) is 29.1 Å². The molecule has 0 aliphatic heterocycles. The van der Waals surface area contributed by atoms with E-state index in [2.05, 4.69) is 49.9 Å². The molecule has 1 heterocycles. The summed E-state index contributed by atoms with van der Waals surface area (Å²) in [6.45, 7) is 18.3. The monoisotopic (exact) mass is 1310 g/mol. The number of carbonyl (C=O) groups is 8. The third-order valence-corrected chi connectivity index (χ3v) is 17.0. The van der Waals surface area contributed by atoms with Gasteiger partial charge in [0.1, 0.15) is 28.8 Å². The number of fused-ring (bicyclic) bond motifs is 1. The summed E-state index contributed by atoms with van der Waals surface area (Å²) in [5, 5.41) is 0.926. The van der Waals surface area contributed by atoms with Gasteiger partial charge in [0.25, 0.3) is 0 Å². The van der Waals surface area contributed by atoms with Crippen LogP contribution in [0.1, 0.15) is 155 Å². The minimum Gasteiger partial charge on any atom is -0.494 e. The molecule has 4 aromatic rings. The maximum absolute atomic E-state index is 13.9. The first-order valence-corrected chi connectivity index (χ1v) is 33.7. The quantitative estimate of drug-likeness (QED) is 0.00765. The largest absolute Gasteiger partial charge is 0.494 e. The number of anilines is 1. The average molecular weight is 1310 g/mol. The van der Waals surface area contributed by atoms with E-state index in [1.165, 1.54) is 6.08 Å². The van der Waals surface area contributed by atoms with Gasteiger partial charge in [-0.3, -0.25) is 28.8 Å². The normalized spacial score (nSPS) is 16.5. The minimum absolute atomic E-state index is 0.000414. The summed E-state index contributed by atoms with van der Waals surface area (Å²) < 4.78 is 50.8. The average Bonchev–Trinajstić information content (AvgIpc) is 1.66. The first-order chi connectivity index (χ1) is 45.4. The number of para-hydroxylation sites is 1. The number of benzene rings is 3. The molecule has 94 heavy (non-hydrogen) atoms. The highest BCUT2D eigenvalue weighted by molar-refractivity contribution is 7.22. The van der Waals surface area contributed by atoms with Gasteiger partial charge in [0.2, 0.25) is 0 Å². The summed E-state index contributed by atoms with van der Waals surface area (Å²) in [5.74, 6) is -3.79. The Balaban J connectivity index is 0.949. The molecule has 0 unspecified atom stereocenters. The Hall–Kier alpha value is -8.65. The maximum atomic E-state index is 13.9. The van der Waals surface area contributed by atoms with Crippen molar-refractivity contribution in [3.63, 3.8) is 0 Å². The highest BCUT2D eigenvalue weighted by Crippen LogP contribution is 2.34. The predicted octanol–water partition coefficient (Wildman–Crippen LogP) is 14.7. The molecule has 0 bridgehead atoms. The van der Waals surface area contributed by atoms with E-state index in [4.69, 9.17) is 47.6 Å². The number of carbonyl (C=O) groups excluding carboxylic acids is 8. The molecule has 2 saturated carbocycles. The van der Waals surface area contributed by atoms with Crippen molar-refractivity contribution >= 4 is 74.4 Å². The minimum atomic E-state index is -0.621. The van der Waals surface area contributed by atoms with Gasteiger partial charge >= 0.3 is 47.8 Å². The van der Waals surface area contributed by atoms with E-state index in [0.29, 0.717) is 101 Å². The number of hydrogen-bond acceptors (Lipinski definition) is 20. The molecule has 20 heteroatoms. The number of allylic oxidation sites excluding steroid dienone is 4. The standard InChI is InChI=1S/C74H92N2O17S/c1-7-10-11-18-46-76(73-75-63-23-16-17-24-64(63)94-73)47-19-14-15-22-60(91-70(82)56-32-34-58(35-33-56)72(84)93-62-41-39-59(40-42-62)85-48-20-12-13-21-49-86-65(77)8-2)36-25-53(4)90-69(81)55-28-30-57(31-29-55)71(83)92-61-37-26-54(27-38-61)45-50-87-67(79)43-44-68(80)89-52-74(5,6)51-88-66(78)9-3/h8-9,16-17,19,22-27,36-42,47,55-58H,2-4,7,10-15,18,20-21,28-35,43-46,48-52H2,1,5-6H3/b36-25-,47-19+,60-22+. The van der Waals surface area contributed by atoms with E-state index in [1.807, 2.05) is 24.3 Å². The Labute approximate surface area is 556 Å². The number of ether oxygens (including phenoxy) is 9. The molecule has 3 aromatic carbocycles. The Morgan fingerprint density at radius 1 is 0.585 bits per heavy atom. The zero-order valence-corrected chi connectivity index (χ0v) is 55.6. The number of thiazole rings is 1. The van der Waals surface area contributed by atoms with E-state index in [-0.39, 0.29) is 50.1 Å². The van der Waals surface area contributed by atoms with Crippen molar-refractivity contribution in [3.05, 3.63) is 152 Å². The van der Waals surface area contributed by atoms with Crippen molar-refractivity contribution in [1.29, 1.82) is 0 Å². The van der Waals surface area contributed by atoms with Crippen LogP contribution in [0.25, 0.3) is 10.2 Å². The number of nitrogens with zero attached hydrogens (tertiary/aromatic N) is 2. The van der Waals surface area contributed by atoms with Crippen LogP contribution in [-0.2, 0) is 73.2 Å². The zero-order valence-electron chi connectivity index (χ0n) is 54.7. The molecule has 0 atom stereocenters. The number of rotatable bonds is 40. The fourth-order valence-corrected chi connectivity index (χ4v) is 11.3. The summed E-state index contributed by atoms with van der Waals surface area (Å²) in [5.41, 5.74) is 1.17. The smallest absolute Gasteiger partial charge is 0.330 e. The molecule has 506 valence electrons. The molecule has 0 radical (unpaired) electrons. The second-order valence-corrected chi connectivity index (χ2v) is 25.2. The van der Waals surface area contributed by atoms with Crippen LogP contribution in [-0.4, -0.2) is 92.3 Å². The highest BCUT2D eigenvalue weighted by atomic mass is 32.1. The molecule has 6 rings (SSSR count). The summed E-state index contributed by atoms with van der Waals surface area (Å²) in [6, 6.07) is 21.9. The number of hydrogen-bond donors (Lipinski definition) is 0. The van der Waals surface area contributed by atoms with E-state index >= 15 is 0 Å². The Bertz CT molecular complexity index is 3200. The Morgan fingerprint density at radius 2 is 1.13 bits per heavy atom. The second-order valence-electron chi connectivity index (χ2n) is 24.2. The van der Waals surface area contributed by atoms with Gasteiger partial charge in [0.15, 0.2) is 5.13 Å². The van der Waals surface area contributed by atoms with Gasteiger partial charge in [-0.15, -0.1) is 0 Å². The van der Waals surface area contributed by atoms with Crippen LogP contribution >= 0.6 is 11.3 Å². The molecule has 1 aromatic heterocycles. The fraction of sp³-hybridized carbons (Fsp3) is 0.473. The van der Waals surface area contributed by atoms with Crippen LogP contribution in [0.15, 0.2) is 147 Å². The van der Waals surface area contributed by atoms with Crippen molar-refractivity contribution in [2.75, 3.05) is 44.5 Å². The van der Waals surface area contributed by atoms with E-state index in [1.54, 1.807) is 79.8 Å². The van der Waals surface area contributed by atoms with Crippen molar-refractivity contribution in [3.8, 4) is 17.2 Å². The number of aromatic nitrogens is 1. The number of unbranched alkanes of at least 4 members (excludes halogenated alkanes) is 7. The molecule has 0 amide bonds. The summed E-state index contributed by atoms with van der Waals surface area (Å²) in [6.07, 6.45) is 23.8. The summed E-state index contributed by atoms with van der Waals surface area (Å²) in [7, 11) is 0. The SMILES string of the molecule is C=CC(=O)OCCCCCCOc1ccc(OC(=O)C2CCC(C(=O)OC(/C=C\C(=C)OC(=O)C3CCC(C(=O)Oc4ccc(CCOC(=O)CCC(=O)OCC(C)(C)COC(=O)C=C)cc4)CC3)=C/CC/C=C/N(CCCCCC)c3nc4ccccc4s3)CC2)cc1. The van der Waals surface area contributed by atoms with Crippen LogP contribution < -0.4 is 19.1 Å². The molecule has 0 saturated heterocycles. The third kappa shape index (κ3) is 27.5. The van der Waals surface area contributed by atoms with Gasteiger partial charge in [0.05, 0.1) is 79.8 Å². The first kappa shape index (κ1) is 74.4. The van der Waals surface area contributed by atoms with E-state index < -0.39 is 70.9 Å². The molecule has 2 aliphatic rings. The molecular weight excluding hydrogens is 1220 g/mol. The van der Waals surface area contributed by atoms with Gasteiger partial charge in [-0.1, -0.05) is 101 Å². The Morgan fingerprint density at radius 3 is 1.74 bits per heavy atom. The topological polar surface area (TPSA) is 236 Å². The molecular formula is C74H92N2O17S. The van der Waals surface area contributed by atoms with Gasteiger partial charge in [-0.2, -0.15) is 0 Å². The van der Waals surface area contributed by atoms with Gasteiger partial charge in [0, 0.05) is 36.7 Å². The lowest BCUT2D eigenvalue weighted by molar-refractivity contribution is -0.154. The number of esters is 8. The predicted molar refractivity (Wildman–Crippen MR) is 358 cm³/mol. The lowest BCUT2D eigenvalue weighted by atomic mass is 9.82. The molecule has 0 spiro atoms. The van der Waals surface area contributed by atoms with Gasteiger partial charge in [-0.05, 0) is 169 Å². The van der Waals surface area contributed by atoms with Crippen LogP contribution in [0.3, 0.4) is 0 Å². The van der Waals surface area contributed by atoms with Crippen LogP contribution in [0.4, 0.5) is 5.13 Å². The molecule has 19 nitrogen and oxygen atoms in total. The Kier molecular flexibility index (Phi) is 32.0. The van der Waals surface area contributed by atoms with Gasteiger partial charge < -0.3 is 47.5 Å². The fourth-order valence-electron chi connectivity index (χ4n) is 10.3. The summed E-state index contributed by atoms with van der Waals surface area (Å²) in [4.78, 5) is 108. The van der Waals surface area contributed by atoms with Crippen molar-refractivity contribution < 1.29 is 81.0 Å². The van der Waals surface area contributed by atoms with Crippen LogP contribution in [0.5, 0.6) is 17.2 Å². The van der Waals surface area contributed by atoms with Crippen molar-refractivity contribution in [1.82, 2.24) is 4.98 Å². The lowest BCUT2D eigenvalue weighted by Gasteiger charge is -2.26. The van der Waals surface area contributed by atoms with Crippen molar-refractivity contribution in [2.45, 2.75) is 156 Å². The molecule has 2 fully saturated rings. The molecule has 0 N–H and O–H groups in total. The lowest BCUT2D eigenvalue weighted by Crippen LogP contribution is -2.29. The van der Waals surface area contributed by atoms with E-state index in [0.717, 1.165) is 91.0 Å². The molecule has 2 aliphatic carbocycles. The summed E-state index contributed by atoms with van der Waals surface area (Å²) >= 11 is 1.65. The second kappa shape index (κ2) is 40.5.